The van der Waals surface area contributed by atoms with Crippen molar-refractivity contribution < 1.29 is 23.8 Å². The lowest BCUT2D eigenvalue weighted by Crippen LogP contribution is -2.31. The molecule has 0 saturated carbocycles. The smallest absolute Gasteiger partial charge is 0.294 e. The standard InChI is InChI=1S/C28H24N2O5/c1-16(2)17-10-12-19(13-11-17)30-24(20-8-4-5-14-29-20)23(26(32)28(30)33)25(31)22-15-18-7-6-9-21(34-3)27(18)35-22/h4-16,24,32H,1-3H3. The number of pyridine rings is 1. The molecule has 35 heavy (non-hydrogen) atoms. The van der Waals surface area contributed by atoms with Crippen molar-refractivity contribution in [2.24, 2.45) is 0 Å². The van der Waals surface area contributed by atoms with E-state index >= 15 is 0 Å². The average Bonchev–Trinajstić information content (AvgIpc) is 3.43. The quantitative estimate of drug-likeness (QED) is 0.363. The number of rotatable bonds is 6. The fraction of sp³-hybridized carbons (Fsp3) is 0.179. The molecule has 7 heteroatoms. The summed E-state index contributed by atoms with van der Waals surface area (Å²) in [5, 5.41) is 11.6. The second-order valence-corrected chi connectivity index (χ2v) is 8.66. The van der Waals surface area contributed by atoms with Gasteiger partial charge in [0.1, 0.15) is 6.04 Å². The Hall–Kier alpha value is -4.39. The molecular formula is C28H24N2O5. The summed E-state index contributed by atoms with van der Waals surface area (Å²) in [6, 6.07) is 18.7. The normalized spacial score (nSPS) is 15.9. The number of ether oxygens (including phenoxy) is 1. The summed E-state index contributed by atoms with van der Waals surface area (Å²) in [6.45, 7) is 4.17. The zero-order valence-electron chi connectivity index (χ0n) is 19.6. The molecule has 3 heterocycles. The number of methoxy groups -OCH3 is 1. The first-order chi connectivity index (χ1) is 16.9. The molecule has 1 unspecified atom stereocenters. The number of benzene rings is 2. The van der Waals surface area contributed by atoms with Gasteiger partial charge in [-0.3, -0.25) is 19.5 Å². The molecule has 0 fully saturated rings. The second kappa shape index (κ2) is 8.76. The van der Waals surface area contributed by atoms with Crippen molar-refractivity contribution in [1.82, 2.24) is 4.98 Å². The third kappa shape index (κ3) is 3.75. The van der Waals surface area contributed by atoms with E-state index in [1.165, 1.54) is 12.0 Å². The highest BCUT2D eigenvalue weighted by Crippen LogP contribution is 2.42. The zero-order valence-corrected chi connectivity index (χ0v) is 19.6. The molecule has 1 aliphatic rings. The first-order valence-electron chi connectivity index (χ1n) is 11.3. The van der Waals surface area contributed by atoms with Gasteiger partial charge in [-0.2, -0.15) is 0 Å². The van der Waals surface area contributed by atoms with Crippen LogP contribution >= 0.6 is 0 Å². The Morgan fingerprint density at radius 3 is 2.51 bits per heavy atom. The van der Waals surface area contributed by atoms with E-state index in [0.717, 1.165) is 5.56 Å². The van der Waals surface area contributed by atoms with Gasteiger partial charge < -0.3 is 14.3 Å². The first-order valence-corrected chi connectivity index (χ1v) is 11.3. The van der Waals surface area contributed by atoms with Crippen molar-refractivity contribution in [1.29, 1.82) is 0 Å². The zero-order chi connectivity index (χ0) is 24.7. The van der Waals surface area contributed by atoms with E-state index in [1.54, 1.807) is 48.7 Å². The van der Waals surface area contributed by atoms with Crippen LogP contribution in [0.2, 0.25) is 0 Å². The number of aromatic nitrogens is 1. The van der Waals surface area contributed by atoms with Crippen molar-refractivity contribution >= 4 is 28.3 Å². The van der Waals surface area contributed by atoms with Crippen molar-refractivity contribution in [3.8, 4) is 5.75 Å². The van der Waals surface area contributed by atoms with E-state index in [9.17, 15) is 14.7 Å². The SMILES string of the molecule is COc1cccc2cc(C(=O)C3=C(O)C(=O)N(c4ccc(C(C)C)cc4)C3c3ccccn3)oc12. The monoisotopic (exact) mass is 468 g/mol. The van der Waals surface area contributed by atoms with Gasteiger partial charge in [0, 0.05) is 17.3 Å². The summed E-state index contributed by atoms with van der Waals surface area (Å²) in [4.78, 5) is 32.8. The van der Waals surface area contributed by atoms with Crippen LogP contribution in [0.3, 0.4) is 0 Å². The Labute approximate surface area is 202 Å². The fourth-order valence-corrected chi connectivity index (χ4v) is 4.38. The molecular weight excluding hydrogens is 444 g/mol. The van der Waals surface area contributed by atoms with Gasteiger partial charge in [0.15, 0.2) is 22.9 Å². The molecule has 4 aromatic rings. The number of para-hydroxylation sites is 1. The molecule has 1 atom stereocenters. The third-order valence-electron chi connectivity index (χ3n) is 6.21. The summed E-state index contributed by atoms with van der Waals surface area (Å²) in [5.74, 6) is -1.09. The molecule has 0 saturated heterocycles. The van der Waals surface area contributed by atoms with Crippen LogP contribution in [0, 0.1) is 0 Å². The van der Waals surface area contributed by atoms with Gasteiger partial charge in [-0.1, -0.05) is 44.2 Å². The van der Waals surface area contributed by atoms with Gasteiger partial charge in [0.05, 0.1) is 18.4 Å². The number of aliphatic hydroxyl groups excluding tert-OH is 1. The van der Waals surface area contributed by atoms with Gasteiger partial charge in [-0.25, -0.2) is 0 Å². The molecule has 0 aliphatic carbocycles. The summed E-state index contributed by atoms with van der Waals surface area (Å²) in [6.07, 6.45) is 1.59. The minimum atomic E-state index is -0.920. The number of Topliss-reactive ketones (excluding diaryl/α,β-unsaturated/α-hetero) is 1. The predicted molar refractivity (Wildman–Crippen MR) is 132 cm³/mol. The lowest BCUT2D eigenvalue weighted by molar-refractivity contribution is -0.117. The average molecular weight is 469 g/mol. The third-order valence-corrected chi connectivity index (χ3v) is 6.21. The van der Waals surface area contributed by atoms with Gasteiger partial charge in [-0.05, 0) is 47.9 Å². The molecule has 176 valence electrons. The molecule has 1 aliphatic heterocycles. The lowest BCUT2D eigenvalue weighted by Gasteiger charge is -2.26. The maximum atomic E-state index is 13.7. The van der Waals surface area contributed by atoms with E-state index in [2.05, 4.69) is 18.8 Å². The number of hydrogen-bond donors (Lipinski definition) is 1. The molecule has 1 amide bonds. The van der Waals surface area contributed by atoms with Gasteiger partial charge in [0.25, 0.3) is 5.91 Å². The van der Waals surface area contributed by atoms with Crippen LogP contribution in [-0.4, -0.2) is 28.9 Å². The summed E-state index contributed by atoms with van der Waals surface area (Å²) in [7, 11) is 1.52. The minimum Gasteiger partial charge on any atom is -0.503 e. The number of furan rings is 1. The number of fused-ring (bicyclic) bond motifs is 1. The summed E-state index contributed by atoms with van der Waals surface area (Å²) >= 11 is 0. The molecule has 2 aromatic carbocycles. The van der Waals surface area contributed by atoms with Crippen LogP contribution < -0.4 is 9.64 Å². The topological polar surface area (TPSA) is 92.9 Å². The molecule has 0 spiro atoms. The van der Waals surface area contributed by atoms with Gasteiger partial charge >= 0.3 is 0 Å². The van der Waals surface area contributed by atoms with Crippen LogP contribution in [-0.2, 0) is 4.79 Å². The second-order valence-electron chi connectivity index (χ2n) is 8.66. The Morgan fingerprint density at radius 1 is 1.09 bits per heavy atom. The Balaban J connectivity index is 1.63. The van der Waals surface area contributed by atoms with Crippen LogP contribution in [0.4, 0.5) is 5.69 Å². The number of ketones is 1. The molecule has 0 bridgehead atoms. The van der Waals surface area contributed by atoms with E-state index in [1.807, 2.05) is 24.3 Å². The number of carbonyl (C=O) groups excluding carboxylic acids is 2. The Morgan fingerprint density at radius 2 is 1.86 bits per heavy atom. The maximum Gasteiger partial charge on any atom is 0.294 e. The van der Waals surface area contributed by atoms with Crippen molar-refractivity contribution in [2.45, 2.75) is 25.8 Å². The van der Waals surface area contributed by atoms with Crippen molar-refractivity contribution in [3.63, 3.8) is 0 Å². The van der Waals surface area contributed by atoms with E-state index in [0.29, 0.717) is 34.0 Å². The van der Waals surface area contributed by atoms with E-state index in [4.69, 9.17) is 9.15 Å². The van der Waals surface area contributed by atoms with Gasteiger partial charge in [0.2, 0.25) is 5.78 Å². The number of anilines is 1. The molecule has 7 nitrogen and oxygen atoms in total. The van der Waals surface area contributed by atoms with Crippen molar-refractivity contribution in [3.05, 3.63) is 101 Å². The van der Waals surface area contributed by atoms with Crippen LogP contribution in [0.15, 0.2) is 88.7 Å². The number of carbonyl (C=O) groups is 2. The molecule has 5 rings (SSSR count). The number of nitrogens with zero attached hydrogens (tertiary/aromatic N) is 2. The number of amides is 1. The molecule has 2 aromatic heterocycles. The fourth-order valence-electron chi connectivity index (χ4n) is 4.38. The summed E-state index contributed by atoms with van der Waals surface area (Å²) < 4.78 is 11.2. The lowest BCUT2D eigenvalue weighted by atomic mass is 9.97. The number of hydrogen-bond acceptors (Lipinski definition) is 6. The van der Waals surface area contributed by atoms with Crippen LogP contribution in [0.25, 0.3) is 11.0 Å². The highest BCUT2D eigenvalue weighted by molar-refractivity contribution is 6.20. The molecule has 1 N–H and O–H groups in total. The maximum absolute atomic E-state index is 13.7. The highest BCUT2D eigenvalue weighted by atomic mass is 16.5. The predicted octanol–water partition coefficient (Wildman–Crippen LogP) is 5.74. The Kier molecular flexibility index (Phi) is 5.61. The van der Waals surface area contributed by atoms with Crippen LogP contribution in [0.5, 0.6) is 5.75 Å². The highest BCUT2D eigenvalue weighted by Gasteiger charge is 2.46. The van der Waals surface area contributed by atoms with Gasteiger partial charge in [-0.15, -0.1) is 0 Å². The van der Waals surface area contributed by atoms with E-state index < -0.39 is 23.5 Å². The van der Waals surface area contributed by atoms with E-state index in [-0.39, 0.29) is 11.3 Å². The Bertz CT molecular complexity index is 1450. The molecule has 0 radical (unpaired) electrons. The number of aliphatic hydroxyl groups is 1. The minimum absolute atomic E-state index is 0.00298. The summed E-state index contributed by atoms with van der Waals surface area (Å²) in [5.41, 5.74) is 2.45. The largest absolute Gasteiger partial charge is 0.503 e. The van der Waals surface area contributed by atoms with Crippen molar-refractivity contribution in [2.75, 3.05) is 12.0 Å². The van der Waals surface area contributed by atoms with Crippen LogP contribution in [0.1, 0.15) is 47.6 Å². The first kappa shape index (κ1) is 22.4.